The maximum atomic E-state index is 14.5. The standard InChI is InChI=1S/C26H21FN8/c1-2-28-12-15-11-16(14-29-13-15)19-7-8-21-24(31-19)25(35-34-21)26-32-20-9-10-30-22(23(20)33-26)17-5-3-4-6-18(17)27/h3-11,13-14,28H,2,12H2,1H3,(H,32,33)(H,34,35). The summed E-state index contributed by atoms with van der Waals surface area (Å²) in [5.74, 6) is 0.180. The van der Waals surface area contributed by atoms with Gasteiger partial charge in [-0.3, -0.25) is 15.1 Å². The van der Waals surface area contributed by atoms with Crippen molar-refractivity contribution in [3.63, 3.8) is 0 Å². The van der Waals surface area contributed by atoms with Crippen LogP contribution >= 0.6 is 0 Å². The molecule has 0 unspecified atom stereocenters. The smallest absolute Gasteiger partial charge is 0.161 e. The van der Waals surface area contributed by atoms with E-state index in [1.54, 1.807) is 30.6 Å². The third-order valence-corrected chi connectivity index (χ3v) is 5.83. The van der Waals surface area contributed by atoms with Crippen LogP contribution in [0.3, 0.4) is 0 Å². The van der Waals surface area contributed by atoms with Crippen molar-refractivity contribution in [1.82, 2.24) is 40.4 Å². The van der Waals surface area contributed by atoms with E-state index in [0.29, 0.717) is 33.8 Å². The summed E-state index contributed by atoms with van der Waals surface area (Å²) in [7, 11) is 0. The molecule has 0 amide bonds. The molecule has 172 valence electrons. The Hall–Kier alpha value is -4.50. The number of benzene rings is 1. The van der Waals surface area contributed by atoms with Crippen LogP contribution in [0.1, 0.15) is 12.5 Å². The topological polar surface area (TPSA) is 108 Å². The zero-order valence-corrected chi connectivity index (χ0v) is 18.9. The molecule has 6 aromatic rings. The van der Waals surface area contributed by atoms with Crippen molar-refractivity contribution in [3.8, 4) is 34.0 Å². The number of hydrogen-bond acceptors (Lipinski definition) is 6. The van der Waals surface area contributed by atoms with Gasteiger partial charge in [0.15, 0.2) is 11.5 Å². The molecule has 0 aliphatic rings. The lowest BCUT2D eigenvalue weighted by atomic mass is 10.1. The predicted molar refractivity (Wildman–Crippen MR) is 133 cm³/mol. The lowest BCUT2D eigenvalue weighted by Crippen LogP contribution is -2.11. The zero-order chi connectivity index (χ0) is 23.8. The predicted octanol–water partition coefficient (Wildman–Crippen LogP) is 4.87. The summed E-state index contributed by atoms with van der Waals surface area (Å²) in [6, 6.07) is 14.3. The third-order valence-electron chi connectivity index (χ3n) is 5.83. The molecular weight excluding hydrogens is 443 g/mol. The average Bonchev–Trinajstić information content (AvgIpc) is 3.51. The first kappa shape index (κ1) is 21.1. The molecule has 0 fully saturated rings. The van der Waals surface area contributed by atoms with Crippen LogP contribution in [0.2, 0.25) is 0 Å². The highest BCUT2D eigenvalue weighted by Gasteiger charge is 2.18. The summed E-state index contributed by atoms with van der Waals surface area (Å²) in [5, 5.41) is 10.8. The normalized spacial score (nSPS) is 11.5. The zero-order valence-electron chi connectivity index (χ0n) is 18.9. The summed E-state index contributed by atoms with van der Waals surface area (Å²) in [4.78, 5) is 21.7. The molecule has 3 N–H and O–H groups in total. The molecule has 0 aliphatic carbocycles. The van der Waals surface area contributed by atoms with Crippen molar-refractivity contribution in [2.45, 2.75) is 13.5 Å². The summed E-state index contributed by atoms with van der Waals surface area (Å²) in [6.07, 6.45) is 5.29. The van der Waals surface area contributed by atoms with Crippen molar-refractivity contribution in [1.29, 1.82) is 0 Å². The second kappa shape index (κ2) is 8.69. The summed E-state index contributed by atoms with van der Waals surface area (Å²) >= 11 is 0. The second-order valence-corrected chi connectivity index (χ2v) is 8.15. The van der Waals surface area contributed by atoms with Gasteiger partial charge in [-0.15, -0.1) is 0 Å². The van der Waals surface area contributed by atoms with Crippen molar-refractivity contribution < 1.29 is 4.39 Å². The van der Waals surface area contributed by atoms with Crippen LogP contribution in [0.5, 0.6) is 0 Å². The molecule has 0 bridgehead atoms. The quantitative estimate of drug-likeness (QED) is 0.324. The fraction of sp³-hybridized carbons (Fsp3) is 0.115. The Morgan fingerprint density at radius 1 is 0.943 bits per heavy atom. The van der Waals surface area contributed by atoms with Crippen LogP contribution in [0.4, 0.5) is 4.39 Å². The fourth-order valence-electron chi connectivity index (χ4n) is 4.12. The Labute approximate surface area is 199 Å². The third kappa shape index (κ3) is 3.81. The van der Waals surface area contributed by atoms with Gasteiger partial charge < -0.3 is 10.3 Å². The van der Waals surface area contributed by atoms with Crippen molar-refractivity contribution in [3.05, 3.63) is 78.5 Å². The Morgan fingerprint density at radius 3 is 2.71 bits per heavy atom. The molecule has 0 radical (unpaired) electrons. The molecule has 8 nitrogen and oxygen atoms in total. The minimum absolute atomic E-state index is 0.349. The van der Waals surface area contributed by atoms with Crippen LogP contribution in [0, 0.1) is 5.82 Å². The van der Waals surface area contributed by atoms with Gasteiger partial charge in [-0.1, -0.05) is 19.1 Å². The minimum atomic E-state index is -0.349. The van der Waals surface area contributed by atoms with Gasteiger partial charge in [0.05, 0.1) is 16.7 Å². The molecule has 0 atom stereocenters. The number of aromatic amines is 2. The molecule has 1 aromatic carbocycles. The molecule has 0 aliphatic heterocycles. The average molecular weight is 465 g/mol. The van der Waals surface area contributed by atoms with Gasteiger partial charge in [0, 0.05) is 36.3 Å². The fourth-order valence-corrected chi connectivity index (χ4v) is 4.12. The number of hydrogen-bond donors (Lipinski definition) is 3. The minimum Gasteiger partial charge on any atom is -0.336 e. The first-order chi connectivity index (χ1) is 17.2. The highest BCUT2D eigenvalue weighted by molar-refractivity contribution is 5.95. The molecule has 35 heavy (non-hydrogen) atoms. The second-order valence-electron chi connectivity index (χ2n) is 8.15. The van der Waals surface area contributed by atoms with Crippen LogP contribution in [-0.2, 0) is 6.54 Å². The van der Waals surface area contributed by atoms with E-state index >= 15 is 0 Å². The number of halogens is 1. The number of fused-ring (bicyclic) bond motifs is 2. The van der Waals surface area contributed by atoms with Gasteiger partial charge in [-0.05, 0) is 48.5 Å². The number of imidazole rings is 1. The lowest BCUT2D eigenvalue weighted by Gasteiger charge is -2.05. The van der Waals surface area contributed by atoms with E-state index in [4.69, 9.17) is 9.97 Å². The van der Waals surface area contributed by atoms with E-state index in [1.807, 2.05) is 24.4 Å². The monoisotopic (exact) mass is 464 g/mol. The van der Waals surface area contributed by atoms with Gasteiger partial charge in [-0.2, -0.15) is 5.10 Å². The number of nitrogens with one attached hydrogen (secondary N) is 3. The highest BCUT2D eigenvalue weighted by Crippen LogP contribution is 2.31. The molecular formula is C26H21FN8. The first-order valence-electron chi connectivity index (χ1n) is 11.3. The van der Waals surface area contributed by atoms with Crippen molar-refractivity contribution in [2.75, 3.05) is 6.54 Å². The van der Waals surface area contributed by atoms with Gasteiger partial charge in [0.1, 0.15) is 22.5 Å². The van der Waals surface area contributed by atoms with E-state index in [2.05, 4.69) is 43.5 Å². The Bertz CT molecular complexity index is 1670. The van der Waals surface area contributed by atoms with E-state index in [9.17, 15) is 4.39 Å². The van der Waals surface area contributed by atoms with E-state index < -0.39 is 0 Å². The van der Waals surface area contributed by atoms with E-state index in [-0.39, 0.29) is 5.82 Å². The number of pyridine rings is 3. The van der Waals surface area contributed by atoms with Gasteiger partial charge in [0.25, 0.3) is 0 Å². The maximum Gasteiger partial charge on any atom is 0.161 e. The lowest BCUT2D eigenvalue weighted by molar-refractivity contribution is 0.631. The van der Waals surface area contributed by atoms with Crippen LogP contribution in [0.25, 0.3) is 56.1 Å². The van der Waals surface area contributed by atoms with Crippen LogP contribution in [0.15, 0.2) is 67.1 Å². The maximum absolute atomic E-state index is 14.5. The highest BCUT2D eigenvalue weighted by atomic mass is 19.1. The molecule has 0 saturated carbocycles. The number of nitrogens with zero attached hydrogens (tertiary/aromatic N) is 5. The molecule has 5 aromatic heterocycles. The molecule has 5 heterocycles. The van der Waals surface area contributed by atoms with Crippen LogP contribution in [-0.4, -0.2) is 41.7 Å². The Kier molecular flexibility index (Phi) is 5.23. The SMILES string of the molecule is CCNCc1cncc(-c2ccc3[nH]nc(-c4nc5c(-c6ccccc6F)nccc5[nH]4)c3n2)c1. The molecule has 9 heteroatoms. The van der Waals surface area contributed by atoms with Gasteiger partial charge >= 0.3 is 0 Å². The summed E-state index contributed by atoms with van der Waals surface area (Å²) in [5.41, 5.74) is 7.02. The molecule has 0 saturated heterocycles. The number of H-pyrrole nitrogens is 2. The van der Waals surface area contributed by atoms with E-state index in [0.717, 1.165) is 40.9 Å². The molecule has 0 spiro atoms. The number of aromatic nitrogens is 7. The summed E-state index contributed by atoms with van der Waals surface area (Å²) in [6.45, 7) is 3.70. The van der Waals surface area contributed by atoms with Crippen LogP contribution < -0.4 is 5.32 Å². The largest absolute Gasteiger partial charge is 0.336 e. The Balaban J connectivity index is 1.45. The summed E-state index contributed by atoms with van der Waals surface area (Å²) < 4.78 is 14.5. The van der Waals surface area contributed by atoms with Crippen molar-refractivity contribution in [2.24, 2.45) is 0 Å². The van der Waals surface area contributed by atoms with Gasteiger partial charge in [0.2, 0.25) is 0 Å². The van der Waals surface area contributed by atoms with E-state index in [1.165, 1.54) is 6.07 Å². The Morgan fingerprint density at radius 2 is 1.83 bits per heavy atom. The van der Waals surface area contributed by atoms with Gasteiger partial charge in [-0.25, -0.2) is 14.4 Å². The molecule has 6 rings (SSSR count). The first-order valence-corrected chi connectivity index (χ1v) is 11.3. The number of rotatable bonds is 6. The van der Waals surface area contributed by atoms with Crippen molar-refractivity contribution >= 4 is 22.1 Å².